The second kappa shape index (κ2) is 4.95. The van der Waals surface area contributed by atoms with E-state index in [1.165, 1.54) is 11.3 Å². The van der Waals surface area contributed by atoms with Crippen molar-refractivity contribution in [1.29, 1.82) is 0 Å². The molecule has 1 N–H and O–H groups in total. The van der Waals surface area contributed by atoms with Gasteiger partial charge < -0.3 is 4.98 Å². The zero-order valence-electron chi connectivity index (χ0n) is 10.9. The Bertz CT molecular complexity index is 953. The van der Waals surface area contributed by atoms with Crippen molar-refractivity contribution in [3.8, 4) is 21.8 Å². The molecule has 102 valence electrons. The fraction of sp³-hybridized carbons (Fsp3) is 0. The van der Waals surface area contributed by atoms with Crippen LogP contribution in [-0.2, 0) is 0 Å². The number of hydrogen-bond donors (Lipinski definition) is 1. The Balaban J connectivity index is 1.96. The Morgan fingerprint density at radius 2 is 1.86 bits per heavy atom. The van der Waals surface area contributed by atoms with Gasteiger partial charge in [-0.15, -0.1) is 22.7 Å². The van der Waals surface area contributed by atoms with Gasteiger partial charge in [0.1, 0.15) is 10.7 Å². The molecule has 3 aromatic heterocycles. The Hall–Kier alpha value is -2.24. The van der Waals surface area contributed by atoms with Gasteiger partial charge in [0.05, 0.1) is 5.39 Å². The lowest BCUT2D eigenvalue weighted by molar-refractivity contribution is 1.19. The van der Waals surface area contributed by atoms with Crippen molar-refractivity contribution in [3.63, 3.8) is 0 Å². The first-order chi connectivity index (χ1) is 10.3. The molecule has 5 heteroatoms. The van der Waals surface area contributed by atoms with Gasteiger partial charge in [-0.3, -0.25) is 4.79 Å². The molecule has 3 heterocycles. The third-order valence-electron chi connectivity index (χ3n) is 3.28. The second-order valence-corrected chi connectivity index (χ2v) is 6.39. The van der Waals surface area contributed by atoms with Crippen LogP contribution in [0.25, 0.3) is 32.0 Å². The number of nitrogens with zero attached hydrogens (tertiary/aromatic N) is 1. The number of rotatable bonds is 2. The number of nitrogens with one attached hydrogen (secondary N) is 1. The largest absolute Gasteiger partial charge is 0.306 e. The molecule has 0 saturated heterocycles. The van der Waals surface area contributed by atoms with Gasteiger partial charge in [0.15, 0.2) is 0 Å². The molecular formula is C16H10N2OS2. The van der Waals surface area contributed by atoms with E-state index in [2.05, 4.69) is 9.97 Å². The summed E-state index contributed by atoms with van der Waals surface area (Å²) in [6.45, 7) is 0. The molecule has 4 aromatic rings. The summed E-state index contributed by atoms with van der Waals surface area (Å²) in [5.74, 6) is 0.618. The number of aromatic nitrogens is 2. The molecule has 0 aliphatic rings. The highest BCUT2D eigenvalue weighted by Crippen LogP contribution is 2.34. The molecule has 0 atom stereocenters. The van der Waals surface area contributed by atoms with Gasteiger partial charge in [0, 0.05) is 21.4 Å². The number of H-pyrrole nitrogens is 1. The van der Waals surface area contributed by atoms with Crippen molar-refractivity contribution in [2.45, 2.75) is 0 Å². The molecule has 1 aromatic carbocycles. The van der Waals surface area contributed by atoms with Crippen molar-refractivity contribution in [2.24, 2.45) is 0 Å². The third kappa shape index (κ3) is 2.11. The van der Waals surface area contributed by atoms with Crippen molar-refractivity contribution in [1.82, 2.24) is 9.97 Å². The minimum absolute atomic E-state index is 0.0801. The number of thiophene rings is 2. The van der Waals surface area contributed by atoms with Gasteiger partial charge in [0.2, 0.25) is 0 Å². The summed E-state index contributed by atoms with van der Waals surface area (Å²) < 4.78 is 0. The van der Waals surface area contributed by atoms with Crippen LogP contribution in [0, 0.1) is 0 Å². The zero-order valence-corrected chi connectivity index (χ0v) is 12.5. The summed E-state index contributed by atoms with van der Waals surface area (Å²) in [7, 11) is 0. The maximum atomic E-state index is 12.5. The molecule has 0 saturated carbocycles. The summed E-state index contributed by atoms with van der Waals surface area (Å²) in [6, 6.07) is 13.7. The number of aromatic amines is 1. The van der Waals surface area contributed by atoms with Gasteiger partial charge in [-0.25, -0.2) is 4.98 Å². The molecule has 0 bridgehead atoms. The molecule has 0 spiro atoms. The van der Waals surface area contributed by atoms with Crippen molar-refractivity contribution >= 4 is 32.9 Å². The monoisotopic (exact) mass is 310 g/mol. The van der Waals surface area contributed by atoms with E-state index in [1.807, 2.05) is 53.2 Å². The molecule has 0 fully saturated rings. The van der Waals surface area contributed by atoms with E-state index in [4.69, 9.17) is 0 Å². The average molecular weight is 310 g/mol. The van der Waals surface area contributed by atoms with E-state index in [0.29, 0.717) is 11.2 Å². The Morgan fingerprint density at radius 3 is 2.62 bits per heavy atom. The fourth-order valence-electron chi connectivity index (χ4n) is 2.29. The molecule has 0 aliphatic carbocycles. The van der Waals surface area contributed by atoms with Crippen LogP contribution in [0.5, 0.6) is 0 Å². The Kier molecular flexibility index (Phi) is 2.94. The van der Waals surface area contributed by atoms with Crippen molar-refractivity contribution < 1.29 is 0 Å². The predicted molar refractivity (Wildman–Crippen MR) is 89.0 cm³/mol. The van der Waals surface area contributed by atoms with E-state index in [-0.39, 0.29) is 5.56 Å². The molecule has 4 rings (SSSR count). The summed E-state index contributed by atoms with van der Waals surface area (Å²) in [5.41, 5.74) is 1.81. The van der Waals surface area contributed by atoms with Gasteiger partial charge in [-0.05, 0) is 11.4 Å². The zero-order chi connectivity index (χ0) is 14.2. The highest BCUT2D eigenvalue weighted by molar-refractivity contribution is 7.18. The SMILES string of the molecule is O=c1[nH]c(-c2ccccc2)nc2scc(-c3cccs3)c12. The standard InChI is InChI=1S/C16H10N2OS2/c19-15-13-11(12-7-4-8-20-12)9-21-16(13)18-14(17-15)10-5-2-1-3-6-10/h1-9H,(H,17,18,19). The lowest BCUT2D eigenvalue weighted by Crippen LogP contribution is -2.08. The van der Waals surface area contributed by atoms with Gasteiger partial charge in [0.25, 0.3) is 5.56 Å². The molecular weight excluding hydrogens is 300 g/mol. The molecule has 21 heavy (non-hydrogen) atoms. The highest BCUT2D eigenvalue weighted by atomic mass is 32.1. The number of fused-ring (bicyclic) bond motifs is 1. The maximum Gasteiger partial charge on any atom is 0.260 e. The van der Waals surface area contributed by atoms with Gasteiger partial charge in [-0.2, -0.15) is 0 Å². The normalized spacial score (nSPS) is 11.0. The van der Waals surface area contributed by atoms with Crippen molar-refractivity contribution in [3.05, 3.63) is 63.6 Å². The minimum atomic E-state index is -0.0801. The number of hydrogen-bond acceptors (Lipinski definition) is 4. The Morgan fingerprint density at radius 1 is 1.00 bits per heavy atom. The first-order valence-electron chi connectivity index (χ1n) is 6.44. The van der Waals surface area contributed by atoms with Crippen LogP contribution in [-0.4, -0.2) is 9.97 Å². The van der Waals surface area contributed by atoms with E-state index < -0.39 is 0 Å². The molecule has 0 unspecified atom stereocenters. The minimum Gasteiger partial charge on any atom is -0.306 e. The van der Waals surface area contributed by atoms with E-state index in [9.17, 15) is 4.79 Å². The van der Waals surface area contributed by atoms with Crippen LogP contribution >= 0.6 is 22.7 Å². The molecule has 0 amide bonds. The van der Waals surface area contributed by atoms with Gasteiger partial charge >= 0.3 is 0 Å². The number of benzene rings is 1. The summed E-state index contributed by atoms with van der Waals surface area (Å²) in [6.07, 6.45) is 0. The van der Waals surface area contributed by atoms with Crippen LogP contribution in [0.1, 0.15) is 0 Å². The van der Waals surface area contributed by atoms with Crippen LogP contribution in [0.2, 0.25) is 0 Å². The highest BCUT2D eigenvalue weighted by Gasteiger charge is 2.13. The van der Waals surface area contributed by atoms with Crippen LogP contribution in [0.4, 0.5) is 0 Å². The topological polar surface area (TPSA) is 45.8 Å². The average Bonchev–Trinajstić information content (AvgIpc) is 3.17. The van der Waals surface area contributed by atoms with E-state index >= 15 is 0 Å². The van der Waals surface area contributed by atoms with Crippen LogP contribution < -0.4 is 5.56 Å². The predicted octanol–water partition coefficient (Wildman–Crippen LogP) is 4.38. The second-order valence-electron chi connectivity index (χ2n) is 4.59. The van der Waals surface area contributed by atoms with Gasteiger partial charge in [-0.1, -0.05) is 36.4 Å². The fourth-order valence-corrected chi connectivity index (χ4v) is 4.06. The maximum absolute atomic E-state index is 12.5. The molecule has 0 radical (unpaired) electrons. The van der Waals surface area contributed by atoms with E-state index in [1.54, 1.807) is 11.3 Å². The van der Waals surface area contributed by atoms with Crippen molar-refractivity contribution in [2.75, 3.05) is 0 Å². The van der Waals surface area contributed by atoms with Crippen LogP contribution in [0.3, 0.4) is 0 Å². The summed E-state index contributed by atoms with van der Waals surface area (Å²) in [5, 5.41) is 4.70. The van der Waals surface area contributed by atoms with E-state index in [0.717, 1.165) is 20.8 Å². The first kappa shape index (κ1) is 12.5. The molecule has 0 aliphatic heterocycles. The smallest absolute Gasteiger partial charge is 0.260 e. The molecule has 3 nitrogen and oxygen atoms in total. The lowest BCUT2D eigenvalue weighted by Gasteiger charge is -2.01. The Labute approximate surface area is 128 Å². The van der Waals surface area contributed by atoms with Crippen LogP contribution in [0.15, 0.2) is 58.0 Å². The lowest BCUT2D eigenvalue weighted by atomic mass is 10.2. The summed E-state index contributed by atoms with van der Waals surface area (Å²) in [4.78, 5) is 21.8. The third-order valence-corrected chi connectivity index (χ3v) is 5.05. The summed E-state index contributed by atoms with van der Waals surface area (Å²) >= 11 is 3.14. The quantitative estimate of drug-likeness (QED) is 0.597. The first-order valence-corrected chi connectivity index (χ1v) is 8.19.